The Labute approximate surface area is 107 Å². The summed E-state index contributed by atoms with van der Waals surface area (Å²) in [5.74, 6) is 1.31. The molecule has 17 heavy (non-hydrogen) atoms. The lowest BCUT2D eigenvalue weighted by Gasteiger charge is -2.46. The van der Waals surface area contributed by atoms with Gasteiger partial charge in [-0.2, -0.15) is 0 Å². The van der Waals surface area contributed by atoms with E-state index in [2.05, 4.69) is 39.6 Å². The second-order valence-electron chi connectivity index (χ2n) is 6.21. The van der Waals surface area contributed by atoms with E-state index in [-0.39, 0.29) is 5.54 Å². The molecule has 1 saturated heterocycles. The molecule has 102 valence electrons. The maximum Gasteiger partial charge on any atom is 0.0513 e. The van der Waals surface area contributed by atoms with Gasteiger partial charge in [-0.05, 0) is 39.7 Å². The van der Waals surface area contributed by atoms with E-state index in [9.17, 15) is 0 Å². The Hall–Kier alpha value is -0.120. The molecule has 0 aromatic heterocycles. The van der Waals surface area contributed by atoms with Crippen molar-refractivity contribution in [1.82, 2.24) is 4.90 Å². The first-order valence-corrected chi connectivity index (χ1v) is 6.92. The zero-order valence-electron chi connectivity index (χ0n) is 12.2. The fourth-order valence-corrected chi connectivity index (χ4v) is 2.97. The van der Waals surface area contributed by atoms with Crippen molar-refractivity contribution in [3.63, 3.8) is 0 Å². The lowest BCUT2D eigenvalue weighted by molar-refractivity contribution is 0.0322. The highest BCUT2D eigenvalue weighted by Gasteiger charge is 2.40. The van der Waals surface area contributed by atoms with Crippen molar-refractivity contribution in [2.24, 2.45) is 17.6 Å². The maximum atomic E-state index is 6.06. The number of ether oxygens (including phenoxy) is 1. The SMILES string of the molecule is CC(C)CC(C)N(C)C(C)(CN)C1CCOC1. The van der Waals surface area contributed by atoms with Gasteiger partial charge < -0.3 is 10.5 Å². The Morgan fingerprint density at radius 1 is 1.41 bits per heavy atom. The van der Waals surface area contributed by atoms with Gasteiger partial charge in [0.05, 0.1) is 6.61 Å². The molecule has 0 radical (unpaired) electrons. The zero-order chi connectivity index (χ0) is 13.1. The molecule has 0 aromatic rings. The van der Waals surface area contributed by atoms with Crippen LogP contribution in [0.5, 0.6) is 0 Å². The molecule has 0 bridgehead atoms. The molecule has 3 atom stereocenters. The molecule has 1 aliphatic rings. The molecule has 0 spiro atoms. The second kappa shape index (κ2) is 6.17. The molecule has 3 heteroatoms. The third kappa shape index (κ3) is 3.43. The van der Waals surface area contributed by atoms with Crippen molar-refractivity contribution in [3.8, 4) is 0 Å². The molecule has 0 aliphatic carbocycles. The molecule has 0 amide bonds. The van der Waals surface area contributed by atoms with Crippen molar-refractivity contribution in [2.45, 2.75) is 52.1 Å². The smallest absolute Gasteiger partial charge is 0.0513 e. The summed E-state index contributed by atoms with van der Waals surface area (Å²) in [4.78, 5) is 2.48. The Kier molecular flexibility index (Phi) is 5.42. The quantitative estimate of drug-likeness (QED) is 0.775. The largest absolute Gasteiger partial charge is 0.381 e. The number of hydrogen-bond donors (Lipinski definition) is 1. The number of nitrogens with two attached hydrogens (primary N) is 1. The van der Waals surface area contributed by atoms with E-state index in [1.54, 1.807) is 0 Å². The van der Waals surface area contributed by atoms with E-state index in [1.165, 1.54) is 6.42 Å². The van der Waals surface area contributed by atoms with Crippen molar-refractivity contribution in [3.05, 3.63) is 0 Å². The summed E-state index contributed by atoms with van der Waals surface area (Å²) in [6, 6.07) is 0.573. The Balaban J connectivity index is 2.69. The fourth-order valence-electron chi connectivity index (χ4n) is 2.97. The highest BCUT2D eigenvalue weighted by atomic mass is 16.5. The van der Waals surface area contributed by atoms with Crippen molar-refractivity contribution in [2.75, 3.05) is 26.8 Å². The van der Waals surface area contributed by atoms with Crippen molar-refractivity contribution in [1.29, 1.82) is 0 Å². The molecule has 0 aromatic carbocycles. The van der Waals surface area contributed by atoms with E-state index in [1.807, 2.05) is 0 Å². The van der Waals surface area contributed by atoms with Gasteiger partial charge in [0.2, 0.25) is 0 Å². The van der Waals surface area contributed by atoms with Crippen LogP contribution in [-0.2, 0) is 4.74 Å². The first kappa shape index (κ1) is 14.9. The number of nitrogens with zero attached hydrogens (tertiary/aromatic N) is 1. The summed E-state index contributed by atoms with van der Waals surface area (Å²) in [6.45, 7) is 11.6. The predicted molar refractivity (Wildman–Crippen MR) is 73.1 cm³/mol. The maximum absolute atomic E-state index is 6.06. The molecule has 0 saturated carbocycles. The number of likely N-dealkylation sites (N-methyl/N-ethyl adjacent to an activating group) is 1. The van der Waals surface area contributed by atoms with Crippen LogP contribution in [0.1, 0.15) is 40.5 Å². The van der Waals surface area contributed by atoms with E-state index in [4.69, 9.17) is 10.5 Å². The summed E-state index contributed by atoms with van der Waals surface area (Å²) in [5.41, 5.74) is 6.13. The topological polar surface area (TPSA) is 38.5 Å². The van der Waals surface area contributed by atoms with E-state index < -0.39 is 0 Å². The summed E-state index contributed by atoms with van der Waals surface area (Å²) in [5, 5.41) is 0. The van der Waals surface area contributed by atoms with Gasteiger partial charge >= 0.3 is 0 Å². The zero-order valence-corrected chi connectivity index (χ0v) is 12.2. The van der Waals surface area contributed by atoms with Crippen LogP contribution in [0.15, 0.2) is 0 Å². The highest BCUT2D eigenvalue weighted by molar-refractivity contribution is 4.95. The van der Waals surface area contributed by atoms with Gasteiger partial charge in [-0.1, -0.05) is 13.8 Å². The van der Waals surface area contributed by atoms with Gasteiger partial charge in [-0.3, -0.25) is 4.90 Å². The van der Waals surface area contributed by atoms with Gasteiger partial charge in [0.25, 0.3) is 0 Å². The number of hydrogen-bond acceptors (Lipinski definition) is 3. The lowest BCUT2D eigenvalue weighted by atomic mass is 9.82. The third-order valence-corrected chi connectivity index (χ3v) is 4.50. The Morgan fingerprint density at radius 2 is 2.06 bits per heavy atom. The van der Waals surface area contributed by atoms with Crippen LogP contribution in [0, 0.1) is 11.8 Å². The van der Waals surface area contributed by atoms with Gasteiger partial charge in [0.1, 0.15) is 0 Å². The highest BCUT2D eigenvalue weighted by Crippen LogP contribution is 2.32. The van der Waals surface area contributed by atoms with Crippen LogP contribution >= 0.6 is 0 Å². The fraction of sp³-hybridized carbons (Fsp3) is 1.00. The normalized spacial score (nSPS) is 26.5. The van der Waals surface area contributed by atoms with Gasteiger partial charge in [0.15, 0.2) is 0 Å². The standard InChI is InChI=1S/C14H30N2O/c1-11(2)8-12(3)16(5)14(4,10-15)13-6-7-17-9-13/h11-13H,6-10,15H2,1-5H3. The van der Waals surface area contributed by atoms with Crippen LogP contribution in [0.4, 0.5) is 0 Å². The van der Waals surface area contributed by atoms with Gasteiger partial charge in [-0.25, -0.2) is 0 Å². The average Bonchev–Trinajstić information content (AvgIpc) is 2.79. The van der Waals surface area contributed by atoms with E-state index in [0.29, 0.717) is 18.5 Å². The summed E-state index contributed by atoms with van der Waals surface area (Å²) in [6.07, 6.45) is 2.37. The van der Waals surface area contributed by atoms with E-state index in [0.717, 1.165) is 25.6 Å². The summed E-state index contributed by atoms with van der Waals surface area (Å²) < 4.78 is 5.53. The average molecular weight is 242 g/mol. The Morgan fingerprint density at radius 3 is 2.47 bits per heavy atom. The Bertz CT molecular complexity index is 226. The van der Waals surface area contributed by atoms with Crippen LogP contribution < -0.4 is 5.73 Å². The minimum absolute atomic E-state index is 0.0742. The van der Waals surface area contributed by atoms with E-state index >= 15 is 0 Å². The first-order valence-electron chi connectivity index (χ1n) is 6.92. The number of rotatable bonds is 6. The third-order valence-electron chi connectivity index (χ3n) is 4.50. The summed E-state index contributed by atoms with van der Waals surface area (Å²) >= 11 is 0. The van der Waals surface area contributed by atoms with Crippen molar-refractivity contribution < 1.29 is 4.74 Å². The lowest BCUT2D eigenvalue weighted by Crippen LogP contribution is -2.58. The monoisotopic (exact) mass is 242 g/mol. The van der Waals surface area contributed by atoms with Crippen LogP contribution in [-0.4, -0.2) is 43.3 Å². The van der Waals surface area contributed by atoms with Crippen LogP contribution in [0.2, 0.25) is 0 Å². The molecule has 3 nitrogen and oxygen atoms in total. The minimum Gasteiger partial charge on any atom is -0.381 e. The van der Waals surface area contributed by atoms with Crippen LogP contribution in [0.25, 0.3) is 0 Å². The summed E-state index contributed by atoms with van der Waals surface area (Å²) in [7, 11) is 2.22. The first-order chi connectivity index (χ1) is 7.91. The van der Waals surface area contributed by atoms with Crippen LogP contribution in [0.3, 0.4) is 0 Å². The molecule has 1 rings (SSSR count). The molecule has 1 aliphatic heterocycles. The second-order valence-corrected chi connectivity index (χ2v) is 6.21. The molecular weight excluding hydrogens is 212 g/mol. The van der Waals surface area contributed by atoms with Gasteiger partial charge in [-0.15, -0.1) is 0 Å². The predicted octanol–water partition coefficient (Wildman–Crippen LogP) is 2.11. The molecular formula is C14H30N2O. The minimum atomic E-state index is 0.0742. The molecule has 1 fully saturated rings. The molecule has 2 N–H and O–H groups in total. The molecule has 1 heterocycles. The van der Waals surface area contributed by atoms with Crippen molar-refractivity contribution >= 4 is 0 Å². The molecule has 3 unspecified atom stereocenters. The van der Waals surface area contributed by atoms with Gasteiger partial charge in [0, 0.05) is 30.7 Å².